The van der Waals surface area contributed by atoms with Crippen molar-refractivity contribution in [2.75, 3.05) is 6.61 Å². The molecule has 13 heavy (non-hydrogen) atoms. The first-order valence-electron chi connectivity index (χ1n) is 5.76. The predicted molar refractivity (Wildman–Crippen MR) is 62.7 cm³/mol. The minimum atomic E-state index is -1.26. The molecule has 0 N–H and O–H groups in total. The van der Waals surface area contributed by atoms with Gasteiger partial charge in [0.15, 0.2) is 8.32 Å². The zero-order valence-electron chi connectivity index (χ0n) is 9.86. The van der Waals surface area contributed by atoms with Crippen LogP contribution < -0.4 is 0 Å². The highest BCUT2D eigenvalue weighted by atomic mass is 28.4. The fourth-order valence-electron chi connectivity index (χ4n) is 1.55. The number of hydrogen-bond donors (Lipinski definition) is 0. The van der Waals surface area contributed by atoms with E-state index >= 15 is 0 Å². The van der Waals surface area contributed by atoms with E-state index in [0.717, 1.165) is 6.61 Å². The van der Waals surface area contributed by atoms with E-state index in [-0.39, 0.29) is 0 Å². The largest absolute Gasteiger partial charge is 0.417 e. The molecule has 0 amide bonds. The van der Waals surface area contributed by atoms with Crippen molar-refractivity contribution in [3.63, 3.8) is 0 Å². The molecule has 0 radical (unpaired) electrons. The van der Waals surface area contributed by atoms with E-state index in [2.05, 4.69) is 26.9 Å². The number of hydrogen-bond acceptors (Lipinski definition) is 1. The lowest BCUT2D eigenvalue weighted by molar-refractivity contribution is 0.294. The maximum Gasteiger partial charge on any atom is 0.186 e. The van der Waals surface area contributed by atoms with Crippen LogP contribution in [0.25, 0.3) is 0 Å². The highest BCUT2D eigenvalue weighted by Crippen LogP contribution is 2.14. The fraction of sp³-hybridized carbons (Fsp3) is 1.00. The summed E-state index contributed by atoms with van der Waals surface area (Å²) in [6.45, 7) is 10.2. The van der Waals surface area contributed by atoms with Gasteiger partial charge in [-0.3, -0.25) is 0 Å². The van der Waals surface area contributed by atoms with Crippen molar-refractivity contribution in [1.82, 2.24) is 0 Å². The van der Waals surface area contributed by atoms with Crippen LogP contribution in [0.5, 0.6) is 0 Å². The minimum absolute atomic E-state index is 0.999. The summed E-state index contributed by atoms with van der Waals surface area (Å²) in [5, 5.41) is 0. The van der Waals surface area contributed by atoms with Gasteiger partial charge in [0, 0.05) is 6.61 Å². The van der Waals surface area contributed by atoms with Gasteiger partial charge in [-0.05, 0) is 25.6 Å². The molecule has 0 aliphatic rings. The van der Waals surface area contributed by atoms with Crippen LogP contribution in [-0.4, -0.2) is 14.9 Å². The number of unbranched alkanes of at least 4 members (excludes halogenated alkanes) is 3. The van der Waals surface area contributed by atoms with Crippen molar-refractivity contribution in [3.8, 4) is 0 Å². The smallest absolute Gasteiger partial charge is 0.186 e. The summed E-state index contributed by atoms with van der Waals surface area (Å²) in [6.07, 6.45) is 6.55. The van der Waals surface area contributed by atoms with Gasteiger partial charge in [0.2, 0.25) is 0 Å². The normalized spacial score (nSPS) is 12.0. The van der Waals surface area contributed by atoms with Crippen LogP contribution in [-0.2, 0) is 4.43 Å². The van der Waals surface area contributed by atoms with Crippen molar-refractivity contribution in [2.45, 2.75) is 65.1 Å². The van der Waals surface area contributed by atoms with E-state index in [1.165, 1.54) is 38.1 Å². The van der Waals surface area contributed by atoms with Gasteiger partial charge in [-0.15, -0.1) is 0 Å². The molecule has 0 aliphatic heterocycles. The molecule has 2 heteroatoms. The van der Waals surface area contributed by atoms with Gasteiger partial charge in [0.25, 0.3) is 0 Å². The lowest BCUT2D eigenvalue weighted by Crippen LogP contribution is -2.30. The Morgan fingerprint density at radius 1 is 0.923 bits per heavy atom. The van der Waals surface area contributed by atoms with Gasteiger partial charge in [-0.1, -0.05) is 39.5 Å². The third-order valence-corrected chi connectivity index (χ3v) is 5.03. The first-order valence-corrected chi connectivity index (χ1v) is 8.88. The molecule has 0 aliphatic carbocycles. The van der Waals surface area contributed by atoms with Crippen molar-refractivity contribution < 1.29 is 4.43 Å². The Morgan fingerprint density at radius 2 is 1.62 bits per heavy atom. The molecule has 0 saturated carbocycles. The second-order valence-corrected chi connectivity index (χ2v) is 8.73. The van der Waals surface area contributed by atoms with E-state index in [0.29, 0.717) is 0 Å². The SMILES string of the molecule is CCCCCCO[Si](C)(C)CCC. The molecule has 0 unspecified atom stereocenters. The fourth-order valence-corrected chi connectivity index (χ4v) is 3.60. The molecule has 0 aromatic heterocycles. The van der Waals surface area contributed by atoms with Gasteiger partial charge >= 0.3 is 0 Å². The van der Waals surface area contributed by atoms with Gasteiger partial charge in [-0.25, -0.2) is 0 Å². The summed E-state index contributed by atoms with van der Waals surface area (Å²) < 4.78 is 5.96. The highest BCUT2D eigenvalue weighted by Gasteiger charge is 2.20. The molecule has 0 saturated heterocycles. The average molecular weight is 202 g/mol. The van der Waals surface area contributed by atoms with Gasteiger partial charge in [0.05, 0.1) is 0 Å². The average Bonchev–Trinajstić information content (AvgIpc) is 2.04. The van der Waals surface area contributed by atoms with E-state index < -0.39 is 8.32 Å². The molecule has 0 rings (SSSR count). The Balaban J connectivity index is 3.29. The van der Waals surface area contributed by atoms with Crippen LogP contribution in [0.2, 0.25) is 19.1 Å². The summed E-state index contributed by atoms with van der Waals surface area (Å²) in [5.41, 5.74) is 0. The van der Waals surface area contributed by atoms with Crippen LogP contribution in [0.4, 0.5) is 0 Å². The van der Waals surface area contributed by atoms with Crippen LogP contribution in [0, 0.1) is 0 Å². The Morgan fingerprint density at radius 3 is 2.15 bits per heavy atom. The summed E-state index contributed by atoms with van der Waals surface area (Å²) in [7, 11) is -1.26. The standard InChI is InChI=1S/C11H26OSi/c1-5-7-8-9-10-12-13(3,4)11-6-2/h5-11H2,1-4H3. The molecule has 0 bridgehead atoms. The van der Waals surface area contributed by atoms with Crippen LogP contribution in [0.3, 0.4) is 0 Å². The van der Waals surface area contributed by atoms with Crippen molar-refractivity contribution in [2.24, 2.45) is 0 Å². The van der Waals surface area contributed by atoms with Crippen LogP contribution >= 0.6 is 0 Å². The van der Waals surface area contributed by atoms with Gasteiger partial charge in [0.1, 0.15) is 0 Å². The molecular weight excluding hydrogens is 176 g/mol. The maximum atomic E-state index is 5.96. The van der Waals surface area contributed by atoms with Crippen LogP contribution in [0.1, 0.15) is 46.0 Å². The van der Waals surface area contributed by atoms with E-state index in [4.69, 9.17) is 4.43 Å². The molecule has 0 atom stereocenters. The molecule has 0 aromatic rings. The summed E-state index contributed by atoms with van der Waals surface area (Å²) >= 11 is 0. The lowest BCUT2D eigenvalue weighted by Gasteiger charge is -2.21. The molecule has 0 fully saturated rings. The Kier molecular flexibility index (Phi) is 7.67. The molecule has 1 nitrogen and oxygen atoms in total. The number of rotatable bonds is 8. The third-order valence-electron chi connectivity index (χ3n) is 2.34. The van der Waals surface area contributed by atoms with Gasteiger partial charge in [-0.2, -0.15) is 0 Å². The Labute approximate surface area is 85.0 Å². The minimum Gasteiger partial charge on any atom is -0.417 e. The zero-order chi connectivity index (χ0) is 10.2. The highest BCUT2D eigenvalue weighted by molar-refractivity contribution is 6.71. The Bertz CT molecular complexity index is 113. The Hall–Kier alpha value is 0.177. The lowest BCUT2D eigenvalue weighted by atomic mass is 10.2. The first-order chi connectivity index (χ1) is 6.12. The third kappa shape index (κ3) is 8.51. The molecule has 80 valence electrons. The first kappa shape index (κ1) is 13.2. The summed E-state index contributed by atoms with van der Waals surface area (Å²) in [5.74, 6) is 0. The molecule has 0 spiro atoms. The molecule has 0 heterocycles. The van der Waals surface area contributed by atoms with E-state index in [9.17, 15) is 0 Å². The molecule has 0 aromatic carbocycles. The topological polar surface area (TPSA) is 9.23 Å². The second-order valence-electron chi connectivity index (χ2n) is 4.42. The predicted octanol–water partition coefficient (Wildman–Crippen LogP) is 4.20. The van der Waals surface area contributed by atoms with Gasteiger partial charge < -0.3 is 4.43 Å². The second kappa shape index (κ2) is 7.57. The zero-order valence-corrected chi connectivity index (χ0v) is 10.9. The van der Waals surface area contributed by atoms with E-state index in [1.807, 2.05) is 0 Å². The van der Waals surface area contributed by atoms with Crippen molar-refractivity contribution in [3.05, 3.63) is 0 Å². The molecular formula is C11H26OSi. The van der Waals surface area contributed by atoms with Crippen molar-refractivity contribution >= 4 is 8.32 Å². The van der Waals surface area contributed by atoms with E-state index in [1.54, 1.807) is 0 Å². The summed E-state index contributed by atoms with van der Waals surface area (Å²) in [4.78, 5) is 0. The quantitative estimate of drug-likeness (QED) is 0.423. The van der Waals surface area contributed by atoms with Crippen molar-refractivity contribution in [1.29, 1.82) is 0 Å². The van der Waals surface area contributed by atoms with Crippen LogP contribution in [0.15, 0.2) is 0 Å². The summed E-state index contributed by atoms with van der Waals surface area (Å²) in [6, 6.07) is 1.31. The maximum absolute atomic E-state index is 5.96. The monoisotopic (exact) mass is 202 g/mol.